The first-order valence-electron chi connectivity index (χ1n) is 8.12. The number of hydrogen-bond donors (Lipinski definition) is 1. The lowest BCUT2D eigenvalue weighted by molar-refractivity contribution is 0.293. The molecule has 3 rings (SSSR count). The third-order valence-electron chi connectivity index (χ3n) is 4.47. The van der Waals surface area contributed by atoms with E-state index in [1.807, 2.05) is 30.1 Å². The van der Waals surface area contributed by atoms with E-state index in [2.05, 4.69) is 9.82 Å². The molecule has 1 heterocycles. The second kappa shape index (κ2) is 7.16. The quantitative estimate of drug-likeness (QED) is 0.884. The molecule has 0 aliphatic heterocycles. The molecule has 1 aliphatic carbocycles. The molecule has 0 atom stereocenters. The summed E-state index contributed by atoms with van der Waals surface area (Å²) in [5.41, 5.74) is 1.46. The first kappa shape index (κ1) is 17.9. The number of nitrogens with zero attached hydrogens (tertiary/aromatic N) is 3. The van der Waals surface area contributed by atoms with E-state index in [1.54, 1.807) is 0 Å². The van der Waals surface area contributed by atoms with Crippen molar-refractivity contribution < 1.29 is 8.42 Å². The lowest BCUT2D eigenvalue weighted by Crippen LogP contribution is -2.38. The van der Waals surface area contributed by atoms with Crippen molar-refractivity contribution in [3.63, 3.8) is 0 Å². The van der Waals surface area contributed by atoms with Gasteiger partial charge in [0.25, 0.3) is 0 Å². The van der Waals surface area contributed by atoms with Crippen LogP contribution in [0, 0.1) is 18.3 Å². The monoisotopic (exact) mass is 378 g/mol. The van der Waals surface area contributed by atoms with Gasteiger partial charge in [-0.15, -0.1) is 0 Å². The maximum absolute atomic E-state index is 12.6. The minimum Gasteiger partial charge on any atom is -0.269 e. The van der Waals surface area contributed by atoms with E-state index in [4.69, 9.17) is 16.9 Å². The maximum atomic E-state index is 12.6. The van der Waals surface area contributed by atoms with Gasteiger partial charge in [0.2, 0.25) is 10.0 Å². The number of aryl methyl sites for hydroxylation is 1. The topological polar surface area (TPSA) is 87.8 Å². The fourth-order valence-corrected chi connectivity index (χ4v) is 5.01. The lowest BCUT2D eigenvalue weighted by atomic mass is 9.92. The summed E-state index contributed by atoms with van der Waals surface area (Å²) in [4.78, 5) is 0.0120. The number of sulfonamides is 1. The van der Waals surface area contributed by atoms with Gasteiger partial charge < -0.3 is 0 Å². The van der Waals surface area contributed by atoms with Crippen LogP contribution in [0.2, 0.25) is 5.02 Å². The van der Waals surface area contributed by atoms with E-state index in [1.165, 1.54) is 18.2 Å². The molecular formula is C17H19ClN4O2S. The molecule has 6 nitrogen and oxygen atoms in total. The van der Waals surface area contributed by atoms with Gasteiger partial charge in [-0.25, -0.2) is 13.1 Å². The molecule has 1 fully saturated rings. The van der Waals surface area contributed by atoms with Crippen LogP contribution in [-0.4, -0.2) is 24.2 Å². The van der Waals surface area contributed by atoms with Gasteiger partial charge in [-0.05, 0) is 56.4 Å². The highest BCUT2D eigenvalue weighted by molar-refractivity contribution is 7.89. The van der Waals surface area contributed by atoms with Crippen LogP contribution >= 0.6 is 11.6 Å². The van der Waals surface area contributed by atoms with Crippen molar-refractivity contribution in [2.24, 2.45) is 0 Å². The molecule has 1 saturated carbocycles. The van der Waals surface area contributed by atoms with E-state index in [-0.39, 0.29) is 16.0 Å². The van der Waals surface area contributed by atoms with Gasteiger partial charge in [0.15, 0.2) is 0 Å². The van der Waals surface area contributed by atoms with Crippen molar-refractivity contribution in [2.45, 2.75) is 49.6 Å². The second-order valence-corrected chi connectivity index (χ2v) is 8.47. The average Bonchev–Trinajstić information content (AvgIpc) is 3.01. The Hall–Kier alpha value is -1.88. The van der Waals surface area contributed by atoms with Gasteiger partial charge >= 0.3 is 0 Å². The number of nitrogens with one attached hydrogen (secondary N) is 1. The summed E-state index contributed by atoms with van der Waals surface area (Å²) in [6, 6.07) is 6.33. The van der Waals surface area contributed by atoms with Crippen LogP contribution in [0.1, 0.15) is 42.9 Å². The van der Waals surface area contributed by atoms with Gasteiger partial charge in [0, 0.05) is 12.2 Å². The summed E-state index contributed by atoms with van der Waals surface area (Å²) in [6.45, 7) is 2.00. The van der Waals surface area contributed by atoms with Gasteiger partial charge in [-0.1, -0.05) is 11.6 Å². The van der Waals surface area contributed by atoms with Crippen molar-refractivity contribution in [3.8, 4) is 6.07 Å². The summed E-state index contributed by atoms with van der Waals surface area (Å²) in [6.07, 6.45) is 7.09. The zero-order valence-corrected chi connectivity index (χ0v) is 15.4. The predicted octanol–water partition coefficient (Wildman–Crippen LogP) is 3.18. The minimum atomic E-state index is -3.71. The van der Waals surface area contributed by atoms with Crippen molar-refractivity contribution in [3.05, 3.63) is 46.7 Å². The van der Waals surface area contributed by atoms with Crippen LogP contribution in [0.3, 0.4) is 0 Å². The molecule has 1 aromatic heterocycles. The Labute approximate surface area is 152 Å². The molecule has 1 aliphatic rings. The number of rotatable bonds is 4. The Bertz CT molecular complexity index is 909. The van der Waals surface area contributed by atoms with Crippen molar-refractivity contribution in [1.29, 1.82) is 5.26 Å². The van der Waals surface area contributed by atoms with Crippen LogP contribution < -0.4 is 4.72 Å². The number of halogens is 1. The smallest absolute Gasteiger partial charge is 0.242 e. The zero-order valence-electron chi connectivity index (χ0n) is 13.8. The Morgan fingerprint density at radius 2 is 2.04 bits per heavy atom. The summed E-state index contributed by atoms with van der Waals surface area (Å²) < 4.78 is 29.9. The zero-order chi connectivity index (χ0) is 18.0. The maximum Gasteiger partial charge on any atom is 0.242 e. The van der Waals surface area contributed by atoms with Crippen LogP contribution in [0.5, 0.6) is 0 Å². The van der Waals surface area contributed by atoms with Gasteiger partial charge in [0.05, 0.1) is 28.9 Å². The predicted molar refractivity (Wildman–Crippen MR) is 94.7 cm³/mol. The molecule has 0 spiro atoms. The van der Waals surface area contributed by atoms with Crippen LogP contribution in [0.15, 0.2) is 35.5 Å². The Morgan fingerprint density at radius 3 is 2.60 bits per heavy atom. The standard InChI is InChI=1S/C17H19ClN4O2S/c1-12-10-20-22(11-12)15-5-3-14(4-6-15)21-25(23,24)17-7-2-13(9-19)8-16(17)18/h2,7-8,10-11,14-15,21H,3-6H2,1H3. The summed E-state index contributed by atoms with van der Waals surface area (Å²) in [5, 5.41) is 13.3. The molecule has 0 unspecified atom stereocenters. The van der Waals surface area contributed by atoms with Crippen LogP contribution in [-0.2, 0) is 10.0 Å². The number of aromatic nitrogens is 2. The van der Waals surface area contributed by atoms with E-state index >= 15 is 0 Å². The highest BCUT2D eigenvalue weighted by Gasteiger charge is 2.27. The Morgan fingerprint density at radius 1 is 1.32 bits per heavy atom. The number of nitriles is 1. The third-order valence-corrected chi connectivity index (χ3v) is 6.48. The third kappa shape index (κ3) is 4.03. The summed E-state index contributed by atoms with van der Waals surface area (Å²) in [7, 11) is -3.71. The second-order valence-electron chi connectivity index (χ2n) is 6.38. The molecule has 8 heteroatoms. The largest absolute Gasteiger partial charge is 0.269 e. The molecule has 25 heavy (non-hydrogen) atoms. The minimum absolute atomic E-state index is 0.0120. The van der Waals surface area contributed by atoms with E-state index < -0.39 is 10.0 Å². The van der Waals surface area contributed by atoms with Crippen molar-refractivity contribution >= 4 is 21.6 Å². The average molecular weight is 379 g/mol. The first-order chi connectivity index (χ1) is 11.9. The number of benzene rings is 1. The molecule has 132 valence electrons. The lowest BCUT2D eigenvalue weighted by Gasteiger charge is -2.29. The molecule has 2 aromatic rings. The number of hydrogen-bond acceptors (Lipinski definition) is 4. The van der Waals surface area contributed by atoms with Gasteiger partial charge in [0.1, 0.15) is 4.90 Å². The van der Waals surface area contributed by atoms with Crippen LogP contribution in [0.4, 0.5) is 0 Å². The normalized spacial score (nSPS) is 21.0. The first-order valence-corrected chi connectivity index (χ1v) is 9.98. The van der Waals surface area contributed by atoms with Crippen LogP contribution in [0.25, 0.3) is 0 Å². The Balaban J connectivity index is 1.66. The van der Waals surface area contributed by atoms with E-state index in [0.29, 0.717) is 11.6 Å². The molecular weight excluding hydrogens is 360 g/mol. The summed E-state index contributed by atoms with van der Waals surface area (Å²) >= 11 is 6.03. The van der Waals surface area contributed by atoms with Crippen molar-refractivity contribution in [1.82, 2.24) is 14.5 Å². The SMILES string of the molecule is Cc1cnn(C2CCC(NS(=O)(=O)c3ccc(C#N)cc3Cl)CC2)c1. The fraction of sp³-hybridized carbons (Fsp3) is 0.412. The molecule has 0 saturated heterocycles. The molecule has 0 bridgehead atoms. The van der Waals surface area contributed by atoms with E-state index in [9.17, 15) is 8.42 Å². The van der Waals surface area contributed by atoms with E-state index in [0.717, 1.165) is 31.2 Å². The Kier molecular flexibility index (Phi) is 5.13. The fourth-order valence-electron chi connectivity index (χ4n) is 3.16. The summed E-state index contributed by atoms with van der Waals surface area (Å²) in [5.74, 6) is 0. The molecule has 1 aromatic carbocycles. The molecule has 0 amide bonds. The van der Waals surface area contributed by atoms with Gasteiger partial charge in [-0.2, -0.15) is 10.4 Å². The van der Waals surface area contributed by atoms with Gasteiger partial charge in [-0.3, -0.25) is 4.68 Å². The highest BCUT2D eigenvalue weighted by atomic mass is 35.5. The molecule has 1 N–H and O–H groups in total. The highest BCUT2D eigenvalue weighted by Crippen LogP contribution is 2.30. The molecule has 0 radical (unpaired) electrons. The van der Waals surface area contributed by atoms with Crippen molar-refractivity contribution in [2.75, 3.05) is 0 Å².